The number of benzene rings is 1. The Hall–Kier alpha value is -0.650. The maximum Gasteiger partial charge on any atom is 0.139 e. The molecule has 1 aromatic carbocycles. The van der Waals surface area contributed by atoms with Crippen molar-refractivity contribution < 1.29 is 13.9 Å². The minimum atomic E-state index is -0.552. The van der Waals surface area contributed by atoms with Crippen molar-refractivity contribution in [3.8, 4) is 0 Å². The monoisotopic (exact) mass is 303 g/mol. The van der Waals surface area contributed by atoms with Crippen LogP contribution in [-0.4, -0.2) is 29.5 Å². The van der Waals surface area contributed by atoms with Crippen molar-refractivity contribution in [2.45, 2.75) is 43.5 Å². The Morgan fingerprint density at radius 2 is 2.10 bits per heavy atom. The van der Waals surface area contributed by atoms with Crippen LogP contribution in [0.25, 0.3) is 0 Å². The SMILES string of the molecule is CCCNC(C)(CO)CCCSc1ccc(F)cc1F. The summed E-state index contributed by atoms with van der Waals surface area (Å²) in [5, 5.41) is 12.8. The van der Waals surface area contributed by atoms with Gasteiger partial charge in [0.05, 0.1) is 6.61 Å². The number of halogens is 2. The fourth-order valence-electron chi connectivity index (χ4n) is 1.89. The van der Waals surface area contributed by atoms with E-state index in [1.165, 1.54) is 23.9 Å². The number of thioether (sulfide) groups is 1. The van der Waals surface area contributed by atoms with Crippen LogP contribution in [0.4, 0.5) is 8.78 Å². The second kappa shape index (κ2) is 8.60. The van der Waals surface area contributed by atoms with Gasteiger partial charge in [0.2, 0.25) is 0 Å². The van der Waals surface area contributed by atoms with Crippen molar-refractivity contribution in [1.29, 1.82) is 0 Å². The molecule has 20 heavy (non-hydrogen) atoms. The first kappa shape index (κ1) is 17.4. The van der Waals surface area contributed by atoms with E-state index in [0.29, 0.717) is 4.90 Å². The topological polar surface area (TPSA) is 32.3 Å². The van der Waals surface area contributed by atoms with E-state index in [0.717, 1.165) is 37.6 Å². The maximum absolute atomic E-state index is 13.4. The second-order valence-electron chi connectivity index (χ2n) is 5.17. The predicted octanol–water partition coefficient (Wildman–Crippen LogP) is 3.59. The molecule has 0 heterocycles. The lowest BCUT2D eigenvalue weighted by Crippen LogP contribution is -2.46. The van der Waals surface area contributed by atoms with Crippen molar-refractivity contribution in [1.82, 2.24) is 5.32 Å². The first-order chi connectivity index (χ1) is 9.50. The Morgan fingerprint density at radius 1 is 1.35 bits per heavy atom. The third kappa shape index (κ3) is 5.77. The van der Waals surface area contributed by atoms with Crippen molar-refractivity contribution in [3.63, 3.8) is 0 Å². The number of rotatable bonds is 9. The summed E-state index contributed by atoms with van der Waals surface area (Å²) >= 11 is 1.38. The molecule has 114 valence electrons. The van der Waals surface area contributed by atoms with E-state index >= 15 is 0 Å². The highest BCUT2D eigenvalue weighted by Crippen LogP contribution is 2.24. The quantitative estimate of drug-likeness (QED) is 0.540. The Labute approximate surface area is 124 Å². The molecule has 0 saturated heterocycles. The highest BCUT2D eigenvalue weighted by Gasteiger charge is 2.21. The van der Waals surface area contributed by atoms with Gasteiger partial charge < -0.3 is 10.4 Å². The minimum absolute atomic E-state index is 0.0859. The minimum Gasteiger partial charge on any atom is -0.394 e. The average molecular weight is 303 g/mol. The number of aliphatic hydroxyl groups is 1. The molecule has 0 radical (unpaired) electrons. The zero-order chi connectivity index (χ0) is 15.0. The van der Waals surface area contributed by atoms with Crippen LogP contribution >= 0.6 is 11.8 Å². The van der Waals surface area contributed by atoms with Crippen LogP contribution in [0.3, 0.4) is 0 Å². The van der Waals surface area contributed by atoms with Gasteiger partial charge in [-0.15, -0.1) is 11.8 Å². The highest BCUT2D eigenvalue weighted by molar-refractivity contribution is 7.99. The first-order valence-corrected chi connectivity index (χ1v) is 7.93. The fraction of sp³-hybridized carbons (Fsp3) is 0.600. The molecule has 5 heteroatoms. The normalized spacial score (nSPS) is 14.2. The van der Waals surface area contributed by atoms with E-state index in [9.17, 15) is 13.9 Å². The molecule has 1 rings (SSSR count). The summed E-state index contributed by atoms with van der Waals surface area (Å²) in [5.41, 5.74) is -0.280. The Morgan fingerprint density at radius 3 is 2.70 bits per heavy atom. The highest BCUT2D eigenvalue weighted by atomic mass is 32.2. The number of hydrogen-bond acceptors (Lipinski definition) is 3. The molecule has 2 nitrogen and oxygen atoms in total. The molecular weight excluding hydrogens is 280 g/mol. The third-order valence-electron chi connectivity index (χ3n) is 3.18. The zero-order valence-corrected chi connectivity index (χ0v) is 12.9. The standard InChI is InChI=1S/C15H23F2NOS/c1-3-8-18-15(2,11-19)7-4-9-20-14-6-5-12(16)10-13(14)17/h5-6,10,18-19H,3-4,7-9,11H2,1-2H3. The van der Waals surface area contributed by atoms with E-state index in [2.05, 4.69) is 12.2 Å². The smallest absolute Gasteiger partial charge is 0.139 e. The molecular formula is C15H23F2NOS. The van der Waals surface area contributed by atoms with Gasteiger partial charge in [-0.05, 0) is 50.6 Å². The van der Waals surface area contributed by atoms with Gasteiger partial charge in [-0.25, -0.2) is 8.78 Å². The summed E-state index contributed by atoms with van der Waals surface area (Å²) in [4.78, 5) is 0.471. The molecule has 1 unspecified atom stereocenters. The van der Waals surface area contributed by atoms with Crippen molar-refractivity contribution in [2.24, 2.45) is 0 Å². The van der Waals surface area contributed by atoms with Crippen LogP contribution in [0.5, 0.6) is 0 Å². The number of nitrogens with one attached hydrogen (secondary N) is 1. The summed E-state index contributed by atoms with van der Waals surface area (Å²) in [7, 11) is 0. The maximum atomic E-state index is 13.4. The summed E-state index contributed by atoms with van der Waals surface area (Å²) in [6, 6.07) is 3.64. The summed E-state index contributed by atoms with van der Waals surface area (Å²) in [6.07, 6.45) is 2.69. The van der Waals surface area contributed by atoms with E-state index < -0.39 is 11.6 Å². The van der Waals surface area contributed by atoms with Gasteiger partial charge in [0, 0.05) is 16.5 Å². The van der Waals surface area contributed by atoms with Gasteiger partial charge >= 0.3 is 0 Å². The number of hydrogen-bond donors (Lipinski definition) is 2. The van der Waals surface area contributed by atoms with Crippen LogP contribution in [-0.2, 0) is 0 Å². The average Bonchev–Trinajstić information content (AvgIpc) is 2.43. The van der Waals surface area contributed by atoms with Crippen molar-refractivity contribution >= 4 is 11.8 Å². The molecule has 2 N–H and O–H groups in total. The van der Waals surface area contributed by atoms with Crippen LogP contribution in [0, 0.1) is 11.6 Å². The van der Waals surface area contributed by atoms with E-state index in [4.69, 9.17) is 0 Å². The molecule has 0 amide bonds. The van der Waals surface area contributed by atoms with E-state index in [1.54, 1.807) is 0 Å². The van der Waals surface area contributed by atoms with E-state index in [-0.39, 0.29) is 12.1 Å². The van der Waals surface area contributed by atoms with Crippen molar-refractivity contribution in [3.05, 3.63) is 29.8 Å². The first-order valence-electron chi connectivity index (χ1n) is 6.94. The van der Waals surface area contributed by atoms with Crippen LogP contribution in [0.1, 0.15) is 33.1 Å². The van der Waals surface area contributed by atoms with Crippen LogP contribution < -0.4 is 5.32 Å². The van der Waals surface area contributed by atoms with Gasteiger partial charge in [0.25, 0.3) is 0 Å². The predicted molar refractivity (Wildman–Crippen MR) is 80.1 cm³/mol. The second-order valence-corrected chi connectivity index (χ2v) is 6.31. The lowest BCUT2D eigenvalue weighted by Gasteiger charge is -2.28. The molecule has 1 aromatic rings. The zero-order valence-electron chi connectivity index (χ0n) is 12.1. The lowest BCUT2D eigenvalue weighted by atomic mass is 9.97. The van der Waals surface area contributed by atoms with Gasteiger partial charge in [-0.2, -0.15) is 0 Å². The Kier molecular flexibility index (Phi) is 7.48. The molecule has 0 aliphatic rings. The van der Waals surface area contributed by atoms with Gasteiger partial charge in [0.15, 0.2) is 0 Å². The van der Waals surface area contributed by atoms with Crippen LogP contribution in [0.2, 0.25) is 0 Å². The van der Waals surface area contributed by atoms with Gasteiger partial charge in [-0.3, -0.25) is 0 Å². The Bertz CT molecular complexity index is 417. The molecule has 0 fully saturated rings. The molecule has 0 aromatic heterocycles. The molecule has 0 spiro atoms. The van der Waals surface area contributed by atoms with Crippen molar-refractivity contribution in [2.75, 3.05) is 18.9 Å². The van der Waals surface area contributed by atoms with Gasteiger partial charge in [0.1, 0.15) is 11.6 Å². The van der Waals surface area contributed by atoms with Gasteiger partial charge in [-0.1, -0.05) is 6.92 Å². The lowest BCUT2D eigenvalue weighted by molar-refractivity contribution is 0.165. The molecule has 0 aliphatic carbocycles. The van der Waals surface area contributed by atoms with Crippen LogP contribution in [0.15, 0.2) is 23.1 Å². The summed E-state index contributed by atoms with van der Waals surface area (Å²) in [6.45, 7) is 5.03. The largest absolute Gasteiger partial charge is 0.394 e. The number of aliphatic hydroxyl groups excluding tert-OH is 1. The summed E-state index contributed by atoms with van der Waals surface area (Å²) in [5.74, 6) is -0.320. The molecule has 0 bridgehead atoms. The fourth-order valence-corrected chi connectivity index (χ4v) is 2.76. The summed E-state index contributed by atoms with van der Waals surface area (Å²) < 4.78 is 26.2. The molecule has 0 aliphatic heterocycles. The Balaban J connectivity index is 2.36. The molecule has 0 saturated carbocycles. The molecule has 1 atom stereocenters. The van der Waals surface area contributed by atoms with E-state index in [1.807, 2.05) is 6.92 Å². The third-order valence-corrected chi connectivity index (χ3v) is 4.31.